The predicted octanol–water partition coefficient (Wildman–Crippen LogP) is 0.916. The zero-order chi connectivity index (χ0) is 7.72. The highest BCUT2D eigenvalue weighted by Crippen LogP contribution is 2.20. The first-order chi connectivity index (χ1) is 4.61. The molecule has 0 spiro atoms. The lowest BCUT2D eigenvalue weighted by Gasteiger charge is -2.14. The Hall–Kier alpha value is -0.370. The van der Waals surface area contributed by atoms with Crippen LogP contribution in [-0.2, 0) is 4.79 Å². The first-order valence-electron chi connectivity index (χ1n) is 3.82. The Balaban J connectivity index is 2.54. The van der Waals surface area contributed by atoms with E-state index < -0.39 is 0 Å². The molecule has 0 unspecified atom stereocenters. The van der Waals surface area contributed by atoms with Gasteiger partial charge in [-0.3, -0.25) is 9.69 Å². The summed E-state index contributed by atoms with van der Waals surface area (Å²) >= 11 is 0. The molecule has 1 saturated heterocycles. The summed E-state index contributed by atoms with van der Waals surface area (Å²) in [6, 6.07) is 0.204. The molecule has 0 bridgehead atoms. The van der Waals surface area contributed by atoms with E-state index in [0.29, 0.717) is 11.7 Å². The smallest absolute Gasteiger partial charge is 0.146 e. The molecule has 1 aliphatic heterocycles. The Morgan fingerprint density at radius 1 is 1.60 bits per heavy atom. The average molecular weight is 141 g/mol. The van der Waals surface area contributed by atoms with Crippen LogP contribution < -0.4 is 0 Å². The summed E-state index contributed by atoms with van der Waals surface area (Å²) in [6.45, 7) is 4.95. The molecule has 0 amide bonds. The zero-order valence-corrected chi connectivity index (χ0v) is 6.92. The minimum absolute atomic E-state index is 0.204. The van der Waals surface area contributed by atoms with Gasteiger partial charge in [0.05, 0.1) is 6.04 Å². The third-order valence-corrected chi connectivity index (χ3v) is 2.23. The molecule has 10 heavy (non-hydrogen) atoms. The second kappa shape index (κ2) is 2.70. The standard InChI is InChI=1S/C8H15NO/c1-6-4-8(7(2)10)9(3)5-6/h6,8H,4-5H2,1-3H3/t6-,8-/m0/s1. The van der Waals surface area contributed by atoms with Crippen molar-refractivity contribution in [3.05, 3.63) is 0 Å². The molecule has 2 atom stereocenters. The summed E-state index contributed by atoms with van der Waals surface area (Å²) in [5, 5.41) is 0. The Morgan fingerprint density at radius 2 is 2.20 bits per heavy atom. The fourth-order valence-electron chi connectivity index (χ4n) is 1.73. The fraction of sp³-hybridized carbons (Fsp3) is 0.875. The molecule has 0 aromatic rings. The summed E-state index contributed by atoms with van der Waals surface area (Å²) in [5.41, 5.74) is 0. The number of likely N-dealkylation sites (tertiary alicyclic amines) is 1. The van der Waals surface area contributed by atoms with Crippen molar-refractivity contribution in [3.8, 4) is 0 Å². The minimum Gasteiger partial charge on any atom is -0.298 e. The lowest BCUT2D eigenvalue weighted by molar-refractivity contribution is -0.120. The maximum absolute atomic E-state index is 11.0. The van der Waals surface area contributed by atoms with Crippen molar-refractivity contribution in [2.75, 3.05) is 13.6 Å². The number of hydrogen-bond acceptors (Lipinski definition) is 2. The molecule has 1 rings (SSSR count). The van der Waals surface area contributed by atoms with E-state index in [-0.39, 0.29) is 6.04 Å². The van der Waals surface area contributed by atoms with E-state index >= 15 is 0 Å². The van der Waals surface area contributed by atoms with Gasteiger partial charge in [0.15, 0.2) is 0 Å². The lowest BCUT2D eigenvalue weighted by atomic mass is 10.1. The Kier molecular flexibility index (Phi) is 2.09. The summed E-state index contributed by atoms with van der Waals surface area (Å²) in [4.78, 5) is 13.1. The van der Waals surface area contributed by atoms with Crippen LogP contribution in [0.1, 0.15) is 20.3 Å². The van der Waals surface area contributed by atoms with Crippen LogP contribution in [0.15, 0.2) is 0 Å². The maximum atomic E-state index is 11.0. The molecule has 1 heterocycles. The molecule has 58 valence electrons. The molecular formula is C8H15NO. The summed E-state index contributed by atoms with van der Waals surface area (Å²) in [7, 11) is 2.02. The normalized spacial score (nSPS) is 34.7. The monoisotopic (exact) mass is 141 g/mol. The average Bonchev–Trinajstić information content (AvgIpc) is 2.10. The van der Waals surface area contributed by atoms with Crippen molar-refractivity contribution in [1.82, 2.24) is 4.90 Å². The van der Waals surface area contributed by atoms with Gasteiger partial charge in [-0.15, -0.1) is 0 Å². The number of ketones is 1. The first kappa shape index (κ1) is 7.73. The molecule has 2 heteroatoms. The largest absolute Gasteiger partial charge is 0.298 e. The molecule has 1 fully saturated rings. The van der Waals surface area contributed by atoms with Crippen molar-refractivity contribution in [2.45, 2.75) is 26.3 Å². The van der Waals surface area contributed by atoms with E-state index in [1.807, 2.05) is 7.05 Å². The van der Waals surface area contributed by atoms with Crippen molar-refractivity contribution >= 4 is 5.78 Å². The number of carbonyl (C=O) groups is 1. The Labute approximate surface area is 62.2 Å². The van der Waals surface area contributed by atoms with Gasteiger partial charge in [0.25, 0.3) is 0 Å². The van der Waals surface area contributed by atoms with Gasteiger partial charge in [0.2, 0.25) is 0 Å². The van der Waals surface area contributed by atoms with Crippen molar-refractivity contribution < 1.29 is 4.79 Å². The van der Waals surface area contributed by atoms with E-state index in [1.165, 1.54) is 0 Å². The molecule has 0 aliphatic carbocycles. The van der Waals surface area contributed by atoms with Gasteiger partial charge in [-0.25, -0.2) is 0 Å². The molecule has 0 aromatic heterocycles. The van der Waals surface area contributed by atoms with E-state index in [9.17, 15) is 4.79 Å². The number of Topliss-reactive ketones (excluding diaryl/α,β-unsaturated/α-hetero) is 1. The second-order valence-electron chi connectivity index (χ2n) is 3.41. The number of hydrogen-bond donors (Lipinski definition) is 0. The molecule has 0 saturated carbocycles. The van der Waals surface area contributed by atoms with E-state index in [1.54, 1.807) is 6.92 Å². The van der Waals surface area contributed by atoms with Crippen LogP contribution in [0.3, 0.4) is 0 Å². The third kappa shape index (κ3) is 1.37. The zero-order valence-electron chi connectivity index (χ0n) is 6.92. The molecular weight excluding hydrogens is 126 g/mol. The van der Waals surface area contributed by atoms with Crippen molar-refractivity contribution in [3.63, 3.8) is 0 Å². The third-order valence-electron chi connectivity index (χ3n) is 2.23. The van der Waals surface area contributed by atoms with Crippen LogP contribution in [0.2, 0.25) is 0 Å². The quantitative estimate of drug-likeness (QED) is 0.541. The topological polar surface area (TPSA) is 20.3 Å². The highest BCUT2D eigenvalue weighted by atomic mass is 16.1. The number of likely N-dealkylation sites (N-methyl/N-ethyl adjacent to an activating group) is 1. The van der Waals surface area contributed by atoms with Crippen molar-refractivity contribution in [1.29, 1.82) is 0 Å². The maximum Gasteiger partial charge on any atom is 0.146 e. The molecule has 0 radical (unpaired) electrons. The van der Waals surface area contributed by atoms with Crippen LogP contribution in [0.5, 0.6) is 0 Å². The Morgan fingerprint density at radius 3 is 2.40 bits per heavy atom. The van der Waals surface area contributed by atoms with Gasteiger partial charge < -0.3 is 0 Å². The fourth-order valence-corrected chi connectivity index (χ4v) is 1.73. The van der Waals surface area contributed by atoms with Gasteiger partial charge in [0.1, 0.15) is 5.78 Å². The summed E-state index contributed by atoms with van der Waals surface area (Å²) in [5.74, 6) is 1.01. The van der Waals surface area contributed by atoms with Crippen molar-refractivity contribution in [2.24, 2.45) is 5.92 Å². The molecule has 0 aromatic carbocycles. The minimum atomic E-state index is 0.204. The number of nitrogens with zero attached hydrogens (tertiary/aromatic N) is 1. The predicted molar refractivity (Wildman–Crippen MR) is 40.9 cm³/mol. The van der Waals surface area contributed by atoms with E-state index in [0.717, 1.165) is 13.0 Å². The Bertz CT molecular complexity index is 144. The van der Waals surface area contributed by atoms with Gasteiger partial charge >= 0.3 is 0 Å². The SMILES string of the molecule is CC(=O)[C@@H]1C[C@H](C)CN1C. The first-order valence-corrected chi connectivity index (χ1v) is 3.82. The van der Waals surface area contributed by atoms with Crippen LogP contribution >= 0.6 is 0 Å². The van der Waals surface area contributed by atoms with Gasteiger partial charge in [-0.2, -0.15) is 0 Å². The highest BCUT2D eigenvalue weighted by Gasteiger charge is 2.29. The molecule has 1 aliphatic rings. The second-order valence-corrected chi connectivity index (χ2v) is 3.41. The number of carbonyl (C=O) groups excluding carboxylic acids is 1. The van der Waals surface area contributed by atoms with Gasteiger partial charge in [-0.1, -0.05) is 6.92 Å². The van der Waals surface area contributed by atoms with Crippen LogP contribution in [-0.4, -0.2) is 30.3 Å². The van der Waals surface area contributed by atoms with Gasteiger partial charge in [-0.05, 0) is 26.3 Å². The van der Waals surface area contributed by atoms with Crippen LogP contribution in [0.4, 0.5) is 0 Å². The van der Waals surface area contributed by atoms with Crippen LogP contribution in [0.25, 0.3) is 0 Å². The summed E-state index contributed by atoms with van der Waals surface area (Å²) < 4.78 is 0. The number of rotatable bonds is 1. The van der Waals surface area contributed by atoms with Gasteiger partial charge in [0, 0.05) is 6.54 Å². The van der Waals surface area contributed by atoms with Crippen LogP contribution in [0, 0.1) is 5.92 Å². The summed E-state index contributed by atoms with van der Waals surface area (Å²) in [6.07, 6.45) is 1.05. The van der Waals surface area contributed by atoms with E-state index in [4.69, 9.17) is 0 Å². The lowest BCUT2D eigenvalue weighted by Crippen LogP contribution is -2.30. The molecule has 0 N–H and O–H groups in total. The highest BCUT2D eigenvalue weighted by molar-refractivity contribution is 5.81. The molecule has 2 nitrogen and oxygen atoms in total. The van der Waals surface area contributed by atoms with E-state index in [2.05, 4.69) is 11.8 Å².